The number of hydrogen-bond acceptors (Lipinski definition) is 3. The van der Waals surface area contributed by atoms with Gasteiger partial charge in [0.05, 0.1) is 11.6 Å². The van der Waals surface area contributed by atoms with Crippen LogP contribution in [0.5, 0.6) is 0 Å². The van der Waals surface area contributed by atoms with E-state index in [0.717, 1.165) is 25.2 Å². The van der Waals surface area contributed by atoms with Crippen LogP contribution in [0, 0.1) is 11.3 Å². The third-order valence-corrected chi connectivity index (χ3v) is 3.11. The maximum atomic E-state index is 10.8. The van der Waals surface area contributed by atoms with E-state index in [0.29, 0.717) is 18.7 Å². The number of piperazine rings is 1. The summed E-state index contributed by atoms with van der Waals surface area (Å²) in [5, 5.41) is 17.7. The van der Waals surface area contributed by atoms with Gasteiger partial charge in [-0.15, -0.1) is 0 Å². The zero-order valence-electron chi connectivity index (χ0n) is 10.0. The second kappa shape index (κ2) is 5.52. The van der Waals surface area contributed by atoms with E-state index < -0.39 is 6.09 Å². The van der Waals surface area contributed by atoms with Gasteiger partial charge in [0.25, 0.3) is 0 Å². The molecule has 1 fully saturated rings. The number of nitrogens with zero attached hydrogens (tertiary/aromatic N) is 3. The van der Waals surface area contributed by atoms with Crippen molar-refractivity contribution in [2.75, 3.05) is 26.2 Å². The van der Waals surface area contributed by atoms with Gasteiger partial charge >= 0.3 is 6.09 Å². The molecule has 1 amide bonds. The molecule has 0 saturated carbocycles. The molecule has 0 atom stereocenters. The highest BCUT2D eigenvalue weighted by Crippen LogP contribution is 2.10. The molecule has 0 unspecified atom stereocenters. The number of carbonyl (C=O) groups is 1. The predicted octanol–water partition coefficient (Wildman–Crippen LogP) is 1.35. The van der Waals surface area contributed by atoms with Crippen LogP contribution >= 0.6 is 0 Å². The summed E-state index contributed by atoms with van der Waals surface area (Å²) in [5.74, 6) is 0. The standard InChI is InChI=1S/C13H15N3O2/c14-9-11-2-1-3-12(8-11)10-15-4-6-16(7-5-15)13(17)18/h1-3,8H,4-7,10H2,(H,17,18). The van der Waals surface area contributed by atoms with Crippen LogP contribution in [0.1, 0.15) is 11.1 Å². The molecule has 94 valence electrons. The number of nitriles is 1. The highest BCUT2D eigenvalue weighted by atomic mass is 16.4. The van der Waals surface area contributed by atoms with E-state index in [1.165, 1.54) is 4.90 Å². The molecule has 2 rings (SSSR count). The number of benzene rings is 1. The van der Waals surface area contributed by atoms with E-state index in [9.17, 15) is 4.79 Å². The van der Waals surface area contributed by atoms with E-state index in [1.54, 1.807) is 6.07 Å². The quantitative estimate of drug-likeness (QED) is 0.854. The Hall–Kier alpha value is -2.06. The lowest BCUT2D eigenvalue weighted by molar-refractivity contribution is 0.103. The van der Waals surface area contributed by atoms with Gasteiger partial charge in [-0.05, 0) is 17.7 Å². The Kier molecular flexibility index (Phi) is 3.80. The number of hydrogen-bond donors (Lipinski definition) is 1. The van der Waals surface area contributed by atoms with Gasteiger partial charge in [0.2, 0.25) is 0 Å². The molecule has 0 aliphatic carbocycles. The number of rotatable bonds is 2. The fraction of sp³-hybridized carbons (Fsp3) is 0.385. The Morgan fingerprint density at radius 3 is 2.67 bits per heavy atom. The highest BCUT2D eigenvalue weighted by molar-refractivity contribution is 5.65. The maximum absolute atomic E-state index is 10.8. The number of carboxylic acid groups (broad SMARTS) is 1. The molecular formula is C13H15N3O2. The Labute approximate surface area is 106 Å². The molecule has 5 heteroatoms. The SMILES string of the molecule is N#Cc1cccc(CN2CCN(C(=O)O)CC2)c1. The topological polar surface area (TPSA) is 67.6 Å². The second-order valence-corrected chi connectivity index (χ2v) is 4.36. The molecule has 1 aliphatic heterocycles. The molecule has 1 aliphatic rings. The smallest absolute Gasteiger partial charge is 0.407 e. The largest absolute Gasteiger partial charge is 0.465 e. The predicted molar refractivity (Wildman–Crippen MR) is 66.0 cm³/mol. The molecule has 1 aromatic rings. The van der Waals surface area contributed by atoms with Crippen LogP contribution in [-0.2, 0) is 6.54 Å². The normalized spacial score (nSPS) is 16.3. The van der Waals surface area contributed by atoms with Gasteiger partial charge < -0.3 is 10.0 Å². The molecular weight excluding hydrogens is 230 g/mol. The van der Waals surface area contributed by atoms with Crippen molar-refractivity contribution in [3.8, 4) is 6.07 Å². The zero-order chi connectivity index (χ0) is 13.0. The van der Waals surface area contributed by atoms with Gasteiger partial charge in [0.15, 0.2) is 0 Å². The van der Waals surface area contributed by atoms with Crippen molar-refractivity contribution < 1.29 is 9.90 Å². The van der Waals surface area contributed by atoms with Crippen molar-refractivity contribution in [2.24, 2.45) is 0 Å². The molecule has 1 N–H and O–H groups in total. The third kappa shape index (κ3) is 2.99. The van der Waals surface area contributed by atoms with Crippen molar-refractivity contribution >= 4 is 6.09 Å². The fourth-order valence-electron chi connectivity index (χ4n) is 2.09. The van der Waals surface area contributed by atoms with E-state index in [2.05, 4.69) is 11.0 Å². The van der Waals surface area contributed by atoms with Gasteiger partial charge in [0, 0.05) is 32.7 Å². The van der Waals surface area contributed by atoms with E-state index in [-0.39, 0.29) is 0 Å². The average molecular weight is 245 g/mol. The van der Waals surface area contributed by atoms with Gasteiger partial charge in [-0.3, -0.25) is 4.90 Å². The van der Waals surface area contributed by atoms with Gasteiger partial charge in [-0.25, -0.2) is 4.79 Å². The van der Waals surface area contributed by atoms with E-state index in [1.807, 2.05) is 18.2 Å². The molecule has 1 aromatic carbocycles. The summed E-state index contributed by atoms with van der Waals surface area (Å²) in [6, 6.07) is 9.65. The van der Waals surface area contributed by atoms with Gasteiger partial charge in [0.1, 0.15) is 0 Å². The summed E-state index contributed by atoms with van der Waals surface area (Å²) in [6.07, 6.45) is -0.846. The molecule has 0 spiro atoms. The Bertz CT molecular complexity index is 473. The van der Waals surface area contributed by atoms with E-state index in [4.69, 9.17) is 10.4 Å². The first kappa shape index (κ1) is 12.4. The molecule has 0 aromatic heterocycles. The third-order valence-electron chi connectivity index (χ3n) is 3.11. The summed E-state index contributed by atoms with van der Waals surface area (Å²) >= 11 is 0. The molecule has 1 heterocycles. The van der Waals surface area contributed by atoms with Crippen molar-refractivity contribution in [1.82, 2.24) is 9.80 Å². The monoisotopic (exact) mass is 245 g/mol. The van der Waals surface area contributed by atoms with Crippen LogP contribution in [-0.4, -0.2) is 47.2 Å². The van der Waals surface area contributed by atoms with Crippen LogP contribution in [0.3, 0.4) is 0 Å². The fourth-order valence-corrected chi connectivity index (χ4v) is 2.09. The first-order valence-corrected chi connectivity index (χ1v) is 5.88. The average Bonchev–Trinajstić information content (AvgIpc) is 2.39. The minimum Gasteiger partial charge on any atom is -0.465 e. The Balaban J connectivity index is 1.91. The first-order valence-electron chi connectivity index (χ1n) is 5.88. The zero-order valence-corrected chi connectivity index (χ0v) is 10.0. The van der Waals surface area contributed by atoms with Gasteiger partial charge in [-0.1, -0.05) is 12.1 Å². The summed E-state index contributed by atoms with van der Waals surface area (Å²) in [7, 11) is 0. The van der Waals surface area contributed by atoms with E-state index >= 15 is 0 Å². The Morgan fingerprint density at radius 2 is 2.06 bits per heavy atom. The van der Waals surface area contributed by atoms with Crippen molar-refractivity contribution in [1.29, 1.82) is 5.26 Å². The van der Waals surface area contributed by atoms with Crippen molar-refractivity contribution in [2.45, 2.75) is 6.54 Å². The summed E-state index contributed by atoms with van der Waals surface area (Å²) in [5.41, 5.74) is 1.76. The summed E-state index contributed by atoms with van der Waals surface area (Å²) in [6.45, 7) is 3.34. The first-order chi connectivity index (χ1) is 8.69. The molecule has 5 nitrogen and oxygen atoms in total. The van der Waals surface area contributed by atoms with Crippen molar-refractivity contribution in [3.05, 3.63) is 35.4 Å². The van der Waals surface area contributed by atoms with Crippen LogP contribution in [0.15, 0.2) is 24.3 Å². The minimum absolute atomic E-state index is 0.549. The summed E-state index contributed by atoms with van der Waals surface area (Å²) < 4.78 is 0. The van der Waals surface area contributed by atoms with Crippen LogP contribution in [0.2, 0.25) is 0 Å². The molecule has 0 radical (unpaired) electrons. The Morgan fingerprint density at radius 1 is 1.33 bits per heavy atom. The molecule has 18 heavy (non-hydrogen) atoms. The lowest BCUT2D eigenvalue weighted by atomic mass is 10.1. The maximum Gasteiger partial charge on any atom is 0.407 e. The highest BCUT2D eigenvalue weighted by Gasteiger charge is 2.20. The van der Waals surface area contributed by atoms with Crippen LogP contribution < -0.4 is 0 Å². The number of amides is 1. The molecule has 0 bridgehead atoms. The summed E-state index contributed by atoms with van der Waals surface area (Å²) in [4.78, 5) is 14.4. The lowest BCUT2D eigenvalue weighted by Gasteiger charge is -2.33. The van der Waals surface area contributed by atoms with Gasteiger partial charge in [-0.2, -0.15) is 5.26 Å². The van der Waals surface area contributed by atoms with Crippen molar-refractivity contribution in [3.63, 3.8) is 0 Å². The van der Waals surface area contributed by atoms with Crippen LogP contribution in [0.25, 0.3) is 0 Å². The lowest BCUT2D eigenvalue weighted by Crippen LogP contribution is -2.47. The second-order valence-electron chi connectivity index (χ2n) is 4.36. The minimum atomic E-state index is -0.846. The molecule has 1 saturated heterocycles. The van der Waals surface area contributed by atoms with Crippen LogP contribution in [0.4, 0.5) is 4.79 Å².